The van der Waals surface area contributed by atoms with Gasteiger partial charge in [-0.25, -0.2) is 0 Å². The van der Waals surface area contributed by atoms with E-state index in [1.807, 2.05) is 0 Å². The van der Waals surface area contributed by atoms with E-state index in [4.69, 9.17) is 4.74 Å². The molecule has 94 valence electrons. The van der Waals surface area contributed by atoms with Gasteiger partial charge in [-0.3, -0.25) is 4.79 Å². The molecule has 3 N–H and O–H groups in total. The SMILES string of the molecule is COCCC(C)(O)CNCC(=O)NC1CC1. The molecular formula is C11H22N2O3. The third-order valence-corrected chi connectivity index (χ3v) is 2.58. The van der Waals surface area contributed by atoms with E-state index in [2.05, 4.69) is 10.6 Å². The van der Waals surface area contributed by atoms with Crippen molar-refractivity contribution in [2.75, 3.05) is 26.8 Å². The van der Waals surface area contributed by atoms with Gasteiger partial charge in [-0.2, -0.15) is 0 Å². The average molecular weight is 230 g/mol. The second-order valence-corrected chi connectivity index (χ2v) is 4.69. The number of carbonyl (C=O) groups excluding carboxylic acids is 1. The van der Waals surface area contributed by atoms with Gasteiger partial charge in [0.2, 0.25) is 5.91 Å². The van der Waals surface area contributed by atoms with Crippen molar-refractivity contribution in [3.8, 4) is 0 Å². The first kappa shape index (κ1) is 13.4. The molecule has 0 aromatic carbocycles. The largest absolute Gasteiger partial charge is 0.389 e. The van der Waals surface area contributed by atoms with Gasteiger partial charge in [0.25, 0.3) is 0 Å². The first-order valence-corrected chi connectivity index (χ1v) is 5.75. The topological polar surface area (TPSA) is 70.6 Å². The molecule has 5 nitrogen and oxygen atoms in total. The minimum absolute atomic E-state index is 0.00467. The van der Waals surface area contributed by atoms with Gasteiger partial charge in [-0.15, -0.1) is 0 Å². The van der Waals surface area contributed by atoms with Crippen LogP contribution >= 0.6 is 0 Å². The van der Waals surface area contributed by atoms with Gasteiger partial charge >= 0.3 is 0 Å². The van der Waals surface area contributed by atoms with E-state index in [0.717, 1.165) is 12.8 Å². The van der Waals surface area contributed by atoms with Crippen molar-refractivity contribution < 1.29 is 14.6 Å². The summed E-state index contributed by atoms with van der Waals surface area (Å²) in [6.07, 6.45) is 2.75. The molecule has 1 aliphatic rings. The zero-order chi connectivity index (χ0) is 12.0. The summed E-state index contributed by atoms with van der Waals surface area (Å²) in [6, 6.07) is 0.392. The van der Waals surface area contributed by atoms with Crippen LogP contribution < -0.4 is 10.6 Å². The lowest BCUT2D eigenvalue weighted by Crippen LogP contribution is -2.43. The van der Waals surface area contributed by atoms with Crippen LogP contribution in [0, 0.1) is 0 Å². The van der Waals surface area contributed by atoms with Crippen molar-refractivity contribution in [2.24, 2.45) is 0 Å². The maximum Gasteiger partial charge on any atom is 0.234 e. The van der Waals surface area contributed by atoms with Crippen LogP contribution in [0.25, 0.3) is 0 Å². The molecule has 1 fully saturated rings. The standard InChI is InChI=1S/C11H22N2O3/c1-11(15,5-6-16-2)8-12-7-10(14)13-9-3-4-9/h9,12,15H,3-8H2,1-2H3,(H,13,14). The molecule has 0 aliphatic heterocycles. The van der Waals surface area contributed by atoms with Crippen molar-refractivity contribution in [3.63, 3.8) is 0 Å². The molecule has 1 saturated carbocycles. The molecule has 0 aromatic heterocycles. The molecule has 16 heavy (non-hydrogen) atoms. The molecule has 1 amide bonds. The molecule has 0 radical (unpaired) electrons. The maximum absolute atomic E-state index is 11.3. The molecule has 0 spiro atoms. The summed E-state index contributed by atoms with van der Waals surface area (Å²) in [5.74, 6) is 0.00467. The number of methoxy groups -OCH3 is 1. The fourth-order valence-electron chi connectivity index (χ4n) is 1.36. The minimum Gasteiger partial charge on any atom is -0.389 e. The van der Waals surface area contributed by atoms with E-state index in [9.17, 15) is 9.90 Å². The first-order valence-electron chi connectivity index (χ1n) is 5.75. The van der Waals surface area contributed by atoms with E-state index in [1.54, 1.807) is 14.0 Å². The van der Waals surface area contributed by atoms with Crippen molar-refractivity contribution in [3.05, 3.63) is 0 Å². The van der Waals surface area contributed by atoms with Gasteiger partial charge in [0.05, 0.1) is 12.1 Å². The van der Waals surface area contributed by atoms with Gasteiger partial charge in [0, 0.05) is 32.7 Å². The van der Waals surface area contributed by atoms with E-state index >= 15 is 0 Å². The Morgan fingerprint density at radius 2 is 2.25 bits per heavy atom. The van der Waals surface area contributed by atoms with Crippen molar-refractivity contribution >= 4 is 5.91 Å². The predicted molar refractivity (Wildman–Crippen MR) is 61.2 cm³/mol. The lowest BCUT2D eigenvalue weighted by atomic mass is 10.0. The number of aliphatic hydroxyl groups is 1. The Kier molecular flexibility index (Phi) is 5.18. The quantitative estimate of drug-likeness (QED) is 0.532. The Labute approximate surface area is 96.6 Å². The number of amides is 1. The highest BCUT2D eigenvalue weighted by Gasteiger charge is 2.24. The Morgan fingerprint density at radius 3 is 2.81 bits per heavy atom. The lowest BCUT2D eigenvalue weighted by Gasteiger charge is -2.23. The number of hydrogen-bond acceptors (Lipinski definition) is 4. The van der Waals surface area contributed by atoms with Crippen LogP contribution in [0.4, 0.5) is 0 Å². The van der Waals surface area contributed by atoms with Crippen molar-refractivity contribution in [1.29, 1.82) is 0 Å². The van der Waals surface area contributed by atoms with Gasteiger partial charge < -0.3 is 20.5 Å². The van der Waals surface area contributed by atoms with E-state index < -0.39 is 5.60 Å². The number of ether oxygens (including phenoxy) is 1. The fourth-order valence-corrected chi connectivity index (χ4v) is 1.36. The Morgan fingerprint density at radius 1 is 1.56 bits per heavy atom. The van der Waals surface area contributed by atoms with Crippen LogP contribution in [-0.2, 0) is 9.53 Å². The summed E-state index contributed by atoms with van der Waals surface area (Å²) < 4.78 is 4.90. The highest BCUT2D eigenvalue weighted by Crippen LogP contribution is 2.18. The van der Waals surface area contributed by atoms with Crippen LogP contribution in [0.1, 0.15) is 26.2 Å². The summed E-state index contributed by atoms with van der Waals surface area (Å²) in [6.45, 7) is 2.91. The molecule has 0 bridgehead atoms. The Hall–Kier alpha value is -0.650. The average Bonchev–Trinajstić information content (AvgIpc) is 2.98. The van der Waals surface area contributed by atoms with Crippen molar-refractivity contribution in [2.45, 2.75) is 37.8 Å². The summed E-state index contributed by atoms with van der Waals surface area (Å²) in [5, 5.41) is 15.7. The predicted octanol–water partition coefficient (Wildman–Crippen LogP) is -0.358. The third kappa shape index (κ3) is 6.05. The second-order valence-electron chi connectivity index (χ2n) is 4.69. The Balaban J connectivity index is 2.05. The van der Waals surface area contributed by atoms with Crippen LogP contribution in [0.5, 0.6) is 0 Å². The van der Waals surface area contributed by atoms with Crippen LogP contribution in [0.15, 0.2) is 0 Å². The zero-order valence-corrected chi connectivity index (χ0v) is 10.1. The number of carbonyl (C=O) groups is 1. The summed E-state index contributed by atoms with van der Waals surface area (Å²) in [5.41, 5.74) is -0.824. The van der Waals surface area contributed by atoms with Gasteiger partial charge in [0.15, 0.2) is 0 Å². The lowest BCUT2D eigenvalue weighted by molar-refractivity contribution is -0.120. The molecular weight excluding hydrogens is 208 g/mol. The summed E-state index contributed by atoms with van der Waals surface area (Å²) in [4.78, 5) is 11.3. The van der Waals surface area contributed by atoms with Crippen LogP contribution in [0.2, 0.25) is 0 Å². The molecule has 0 aromatic rings. The minimum atomic E-state index is -0.824. The molecule has 0 saturated heterocycles. The van der Waals surface area contributed by atoms with Crippen LogP contribution in [-0.4, -0.2) is 49.5 Å². The van der Waals surface area contributed by atoms with Gasteiger partial charge in [-0.05, 0) is 19.8 Å². The maximum atomic E-state index is 11.3. The summed E-state index contributed by atoms with van der Waals surface area (Å²) in [7, 11) is 1.60. The fraction of sp³-hybridized carbons (Fsp3) is 0.909. The zero-order valence-electron chi connectivity index (χ0n) is 10.1. The smallest absolute Gasteiger partial charge is 0.234 e. The number of rotatable bonds is 8. The van der Waals surface area contributed by atoms with Gasteiger partial charge in [0.1, 0.15) is 0 Å². The molecule has 0 heterocycles. The third-order valence-electron chi connectivity index (χ3n) is 2.58. The first-order chi connectivity index (χ1) is 7.53. The molecule has 1 unspecified atom stereocenters. The Bertz CT molecular complexity index is 227. The van der Waals surface area contributed by atoms with Crippen molar-refractivity contribution in [1.82, 2.24) is 10.6 Å². The molecule has 5 heteroatoms. The monoisotopic (exact) mass is 230 g/mol. The molecule has 1 rings (SSSR count). The number of hydrogen-bond donors (Lipinski definition) is 3. The highest BCUT2D eigenvalue weighted by atomic mass is 16.5. The normalized spacial score (nSPS) is 19.2. The van der Waals surface area contributed by atoms with E-state index in [-0.39, 0.29) is 12.5 Å². The molecule has 1 aliphatic carbocycles. The highest BCUT2D eigenvalue weighted by molar-refractivity contribution is 5.78. The second kappa shape index (κ2) is 6.18. The molecule has 1 atom stereocenters. The van der Waals surface area contributed by atoms with Gasteiger partial charge in [-0.1, -0.05) is 0 Å². The van der Waals surface area contributed by atoms with E-state index in [0.29, 0.717) is 25.6 Å². The number of nitrogens with one attached hydrogen (secondary N) is 2. The van der Waals surface area contributed by atoms with E-state index in [1.165, 1.54) is 0 Å². The van der Waals surface area contributed by atoms with Crippen LogP contribution in [0.3, 0.4) is 0 Å². The summed E-state index contributed by atoms with van der Waals surface area (Å²) >= 11 is 0.